The molecule has 0 aromatic rings. The maximum absolute atomic E-state index is 12.6. The quantitative estimate of drug-likeness (QED) is 0.784. The zero-order valence-electron chi connectivity index (χ0n) is 13.0. The highest BCUT2D eigenvalue weighted by Crippen LogP contribution is 2.13. The highest BCUT2D eigenvalue weighted by atomic mass is 16.4. The molecule has 2 fully saturated rings. The number of amides is 2. The Hall–Kier alpha value is -1.34. The molecule has 1 atom stereocenters. The fourth-order valence-corrected chi connectivity index (χ4v) is 3.02. The summed E-state index contributed by atoms with van der Waals surface area (Å²) in [5, 5.41) is 8.70. The van der Waals surface area contributed by atoms with Crippen molar-refractivity contribution in [2.45, 2.75) is 19.4 Å². The molecule has 21 heavy (non-hydrogen) atoms. The van der Waals surface area contributed by atoms with Crippen LogP contribution < -0.4 is 0 Å². The first kappa shape index (κ1) is 16.0. The normalized spacial score (nSPS) is 25.1. The van der Waals surface area contributed by atoms with Crippen molar-refractivity contribution in [2.75, 3.05) is 59.4 Å². The minimum atomic E-state index is -0.764. The van der Waals surface area contributed by atoms with E-state index < -0.39 is 5.97 Å². The van der Waals surface area contributed by atoms with Gasteiger partial charge in [0.2, 0.25) is 0 Å². The van der Waals surface area contributed by atoms with E-state index in [2.05, 4.69) is 23.8 Å². The fraction of sp³-hybridized carbons (Fsp3) is 0.857. The molecular weight excluding hydrogens is 272 g/mol. The van der Waals surface area contributed by atoms with Crippen molar-refractivity contribution in [1.82, 2.24) is 19.6 Å². The molecule has 0 spiro atoms. The number of rotatable bonds is 3. The minimum absolute atomic E-state index is 0.133. The van der Waals surface area contributed by atoms with Crippen LogP contribution in [0, 0.1) is 0 Å². The van der Waals surface area contributed by atoms with Gasteiger partial charge in [-0.2, -0.15) is 0 Å². The zero-order valence-corrected chi connectivity index (χ0v) is 13.0. The van der Waals surface area contributed by atoms with Crippen LogP contribution in [0.5, 0.6) is 0 Å². The molecule has 2 rings (SSSR count). The lowest BCUT2D eigenvalue weighted by atomic mass is 10.2. The van der Waals surface area contributed by atoms with Crippen LogP contribution in [0.25, 0.3) is 0 Å². The highest BCUT2D eigenvalue weighted by Gasteiger charge is 2.30. The van der Waals surface area contributed by atoms with E-state index in [0.717, 1.165) is 32.7 Å². The maximum Gasteiger partial charge on any atom is 0.320 e. The van der Waals surface area contributed by atoms with Gasteiger partial charge in [-0.3, -0.25) is 9.69 Å². The molecule has 2 saturated heterocycles. The van der Waals surface area contributed by atoms with E-state index in [1.54, 1.807) is 0 Å². The lowest BCUT2D eigenvalue weighted by Gasteiger charge is -2.43. The predicted molar refractivity (Wildman–Crippen MR) is 79.3 cm³/mol. The van der Waals surface area contributed by atoms with Crippen molar-refractivity contribution < 1.29 is 14.7 Å². The van der Waals surface area contributed by atoms with Crippen LogP contribution >= 0.6 is 0 Å². The SMILES string of the molecule is CC1CN(C)CCN1C(=O)N1CCN(CCC(=O)O)CC1. The van der Waals surface area contributed by atoms with Crippen molar-refractivity contribution in [3.05, 3.63) is 0 Å². The summed E-state index contributed by atoms with van der Waals surface area (Å²) >= 11 is 0. The van der Waals surface area contributed by atoms with Crippen molar-refractivity contribution in [2.24, 2.45) is 0 Å². The van der Waals surface area contributed by atoms with E-state index >= 15 is 0 Å². The molecule has 0 aromatic carbocycles. The Kier molecular flexibility index (Phi) is 5.41. The second-order valence-corrected chi connectivity index (χ2v) is 6.06. The van der Waals surface area contributed by atoms with Crippen molar-refractivity contribution in [3.63, 3.8) is 0 Å². The van der Waals surface area contributed by atoms with Crippen LogP contribution in [-0.2, 0) is 4.79 Å². The zero-order chi connectivity index (χ0) is 15.4. The molecule has 2 heterocycles. The Balaban J connectivity index is 1.79. The Bertz CT molecular complexity index is 382. The summed E-state index contributed by atoms with van der Waals surface area (Å²) in [5.41, 5.74) is 0. The molecule has 0 aromatic heterocycles. The molecule has 2 aliphatic rings. The van der Waals surface area contributed by atoms with Gasteiger partial charge in [-0.25, -0.2) is 4.79 Å². The highest BCUT2D eigenvalue weighted by molar-refractivity contribution is 5.75. The van der Waals surface area contributed by atoms with Gasteiger partial charge in [-0.15, -0.1) is 0 Å². The number of piperazine rings is 2. The largest absolute Gasteiger partial charge is 0.481 e. The molecular formula is C14H26N4O3. The van der Waals surface area contributed by atoms with Crippen LogP contribution in [0.2, 0.25) is 0 Å². The first-order valence-corrected chi connectivity index (χ1v) is 7.65. The second-order valence-electron chi connectivity index (χ2n) is 6.06. The number of hydrogen-bond acceptors (Lipinski definition) is 4. The van der Waals surface area contributed by atoms with Gasteiger partial charge >= 0.3 is 12.0 Å². The Morgan fingerprint density at radius 2 is 1.76 bits per heavy atom. The number of hydrogen-bond donors (Lipinski definition) is 1. The monoisotopic (exact) mass is 298 g/mol. The summed E-state index contributed by atoms with van der Waals surface area (Å²) < 4.78 is 0. The molecule has 7 nitrogen and oxygen atoms in total. The topological polar surface area (TPSA) is 67.3 Å². The van der Waals surface area contributed by atoms with Gasteiger partial charge in [0.15, 0.2) is 0 Å². The lowest BCUT2D eigenvalue weighted by molar-refractivity contribution is -0.137. The number of aliphatic carboxylic acids is 1. The van der Waals surface area contributed by atoms with Crippen molar-refractivity contribution >= 4 is 12.0 Å². The average molecular weight is 298 g/mol. The van der Waals surface area contributed by atoms with Crippen LogP contribution in [0.4, 0.5) is 4.79 Å². The molecule has 2 aliphatic heterocycles. The summed E-state index contributed by atoms with van der Waals surface area (Å²) in [7, 11) is 2.08. The first-order chi connectivity index (χ1) is 9.97. The van der Waals surface area contributed by atoms with E-state index in [0.29, 0.717) is 19.6 Å². The van der Waals surface area contributed by atoms with Gasteiger partial charge in [0, 0.05) is 58.4 Å². The average Bonchev–Trinajstić information content (AvgIpc) is 2.45. The molecule has 0 saturated carbocycles. The predicted octanol–water partition coefficient (Wildman–Crippen LogP) is -0.165. The van der Waals surface area contributed by atoms with Crippen LogP contribution in [0.3, 0.4) is 0 Å². The van der Waals surface area contributed by atoms with Gasteiger partial charge in [-0.05, 0) is 14.0 Å². The molecule has 2 amide bonds. The number of carbonyl (C=O) groups excluding carboxylic acids is 1. The number of carboxylic acids is 1. The minimum Gasteiger partial charge on any atom is -0.481 e. The van der Waals surface area contributed by atoms with E-state index in [4.69, 9.17) is 5.11 Å². The molecule has 0 aliphatic carbocycles. The molecule has 7 heteroatoms. The summed E-state index contributed by atoms with van der Waals surface area (Å²) in [5.74, 6) is -0.764. The van der Waals surface area contributed by atoms with E-state index in [1.165, 1.54) is 0 Å². The van der Waals surface area contributed by atoms with E-state index in [-0.39, 0.29) is 18.5 Å². The van der Waals surface area contributed by atoms with E-state index in [1.807, 2.05) is 9.80 Å². The molecule has 1 unspecified atom stereocenters. The Morgan fingerprint density at radius 1 is 1.10 bits per heavy atom. The van der Waals surface area contributed by atoms with Gasteiger partial charge in [0.05, 0.1) is 6.42 Å². The number of likely N-dealkylation sites (N-methyl/N-ethyl adjacent to an activating group) is 1. The fourth-order valence-electron chi connectivity index (χ4n) is 3.02. The van der Waals surface area contributed by atoms with Crippen molar-refractivity contribution in [3.8, 4) is 0 Å². The van der Waals surface area contributed by atoms with Gasteiger partial charge in [0.25, 0.3) is 0 Å². The van der Waals surface area contributed by atoms with Crippen molar-refractivity contribution in [1.29, 1.82) is 0 Å². The van der Waals surface area contributed by atoms with Crippen LogP contribution in [-0.4, -0.2) is 102 Å². The number of carboxylic acid groups (broad SMARTS) is 1. The van der Waals surface area contributed by atoms with Gasteiger partial charge < -0.3 is 19.8 Å². The van der Waals surface area contributed by atoms with Gasteiger partial charge in [0.1, 0.15) is 0 Å². The molecule has 0 bridgehead atoms. The summed E-state index contributed by atoms with van der Waals surface area (Å²) in [6.07, 6.45) is 0.170. The number of carbonyl (C=O) groups is 2. The van der Waals surface area contributed by atoms with E-state index in [9.17, 15) is 9.59 Å². The number of urea groups is 1. The third-order valence-corrected chi connectivity index (χ3v) is 4.36. The standard InChI is InChI=1S/C14H26N4O3/c1-12-11-15(2)5-10-18(12)14(21)17-8-6-16(7-9-17)4-3-13(19)20/h12H,3-11H2,1-2H3,(H,19,20). The van der Waals surface area contributed by atoms with Crippen LogP contribution in [0.15, 0.2) is 0 Å². The number of nitrogens with zero attached hydrogens (tertiary/aromatic N) is 4. The summed E-state index contributed by atoms with van der Waals surface area (Å²) in [6, 6.07) is 0.384. The third kappa shape index (κ3) is 4.31. The Morgan fingerprint density at radius 3 is 2.33 bits per heavy atom. The maximum atomic E-state index is 12.6. The second kappa shape index (κ2) is 7.09. The molecule has 0 radical (unpaired) electrons. The summed E-state index contributed by atoms with van der Waals surface area (Å²) in [6.45, 7) is 8.21. The van der Waals surface area contributed by atoms with Crippen LogP contribution in [0.1, 0.15) is 13.3 Å². The summed E-state index contributed by atoms with van der Waals surface area (Å²) in [4.78, 5) is 31.4. The molecule has 1 N–H and O–H groups in total. The lowest BCUT2D eigenvalue weighted by Crippen LogP contribution is -2.59. The first-order valence-electron chi connectivity index (χ1n) is 7.65. The smallest absolute Gasteiger partial charge is 0.320 e. The Labute approximate surface area is 126 Å². The molecule has 120 valence electrons. The third-order valence-electron chi connectivity index (χ3n) is 4.36. The van der Waals surface area contributed by atoms with Gasteiger partial charge in [-0.1, -0.05) is 0 Å².